The van der Waals surface area contributed by atoms with Crippen LogP contribution in [0.1, 0.15) is 51.3 Å². The van der Waals surface area contributed by atoms with E-state index in [0.29, 0.717) is 53.8 Å². The summed E-state index contributed by atoms with van der Waals surface area (Å²) in [4.78, 5) is 29.8. The van der Waals surface area contributed by atoms with Gasteiger partial charge in [-0.2, -0.15) is 0 Å². The van der Waals surface area contributed by atoms with Crippen LogP contribution in [0.5, 0.6) is 5.75 Å². The number of aromatic nitrogens is 3. The smallest absolute Gasteiger partial charge is 0.270 e. The Bertz CT molecular complexity index is 1400. The van der Waals surface area contributed by atoms with Gasteiger partial charge in [0.25, 0.3) is 11.8 Å². The molecule has 11 nitrogen and oxygen atoms in total. The van der Waals surface area contributed by atoms with Crippen molar-refractivity contribution in [1.82, 2.24) is 20.0 Å². The van der Waals surface area contributed by atoms with E-state index < -0.39 is 17.4 Å². The summed E-state index contributed by atoms with van der Waals surface area (Å²) in [6.45, 7) is 4.76. The molecule has 0 aliphatic carbocycles. The third kappa shape index (κ3) is 4.44. The predicted molar refractivity (Wildman–Crippen MR) is 126 cm³/mol. The van der Waals surface area contributed by atoms with Crippen molar-refractivity contribution >= 4 is 11.8 Å². The highest BCUT2D eigenvalue weighted by molar-refractivity contribution is 6.05. The number of nitrogens with zero attached hydrogens (tertiary/aromatic N) is 3. The Morgan fingerprint density at radius 1 is 1.31 bits per heavy atom. The molecule has 2 aromatic heterocycles. The van der Waals surface area contributed by atoms with E-state index in [2.05, 4.69) is 27.3 Å². The average Bonchev–Trinajstić information content (AvgIpc) is 3.57. The van der Waals surface area contributed by atoms with E-state index in [9.17, 15) is 14.7 Å². The number of primary amides is 1. The summed E-state index contributed by atoms with van der Waals surface area (Å²) in [5.74, 6) is 5.96. The largest absolute Gasteiger partial charge is 0.491 e. The second-order valence-corrected chi connectivity index (χ2v) is 8.89. The molecule has 0 spiro atoms. The number of rotatable bonds is 4. The zero-order valence-corrected chi connectivity index (χ0v) is 19.8. The molecule has 0 bridgehead atoms. The fraction of sp³-hybridized carbons (Fsp3) is 0.360. The van der Waals surface area contributed by atoms with Crippen molar-refractivity contribution in [2.24, 2.45) is 5.73 Å². The molecule has 2 aliphatic heterocycles. The van der Waals surface area contributed by atoms with E-state index >= 15 is 0 Å². The molecule has 2 amide bonds. The van der Waals surface area contributed by atoms with Crippen molar-refractivity contribution in [3.8, 4) is 29.0 Å². The standard InChI is InChI=1S/C25H25N5O6/c1-14-11-19(29-36-14)25(2,33)7-5-15-3-4-18-17(12-15)23-28-20(22(26)31)21(30(23)8-10-35-18)24(32)27-16-6-9-34-13-16/h3-4,11-12,16,33H,6,8-10,13H2,1-2H3,(H2,26,31)(H,27,32)/t16-,25+/m0/s1. The number of hydrogen-bond acceptors (Lipinski definition) is 8. The first kappa shape index (κ1) is 23.6. The maximum Gasteiger partial charge on any atom is 0.270 e. The first-order chi connectivity index (χ1) is 17.2. The quantitative estimate of drug-likeness (QED) is 0.459. The first-order valence-electron chi connectivity index (χ1n) is 11.5. The number of carbonyl (C=O) groups excluding carboxylic acids is 2. The van der Waals surface area contributed by atoms with Gasteiger partial charge in [-0.25, -0.2) is 4.98 Å². The van der Waals surface area contributed by atoms with Crippen LogP contribution in [0.2, 0.25) is 0 Å². The Balaban J connectivity index is 1.54. The molecule has 2 atom stereocenters. The number of hydrogen-bond donors (Lipinski definition) is 3. The minimum atomic E-state index is -1.53. The maximum absolute atomic E-state index is 13.2. The molecule has 0 unspecified atom stereocenters. The summed E-state index contributed by atoms with van der Waals surface area (Å²) >= 11 is 0. The highest BCUT2D eigenvalue weighted by Crippen LogP contribution is 2.34. The molecule has 1 fully saturated rings. The minimum Gasteiger partial charge on any atom is -0.491 e. The number of amides is 2. The topological polar surface area (TPSA) is 155 Å². The lowest BCUT2D eigenvalue weighted by Gasteiger charge is -2.13. The molecule has 4 heterocycles. The summed E-state index contributed by atoms with van der Waals surface area (Å²) in [7, 11) is 0. The third-order valence-electron chi connectivity index (χ3n) is 6.05. The van der Waals surface area contributed by atoms with E-state index in [1.807, 2.05) is 0 Å². The second-order valence-electron chi connectivity index (χ2n) is 8.89. The van der Waals surface area contributed by atoms with E-state index in [0.717, 1.165) is 0 Å². The van der Waals surface area contributed by atoms with Gasteiger partial charge in [-0.05, 0) is 38.5 Å². The van der Waals surface area contributed by atoms with Crippen molar-refractivity contribution in [3.05, 3.63) is 52.7 Å². The average molecular weight is 492 g/mol. The fourth-order valence-corrected chi connectivity index (χ4v) is 4.19. The van der Waals surface area contributed by atoms with Gasteiger partial charge in [-0.3, -0.25) is 9.59 Å². The number of fused-ring (bicyclic) bond motifs is 3. The molecular weight excluding hydrogens is 466 g/mol. The van der Waals surface area contributed by atoms with Crippen LogP contribution in [-0.2, 0) is 16.9 Å². The van der Waals surface area contributed by atoms with Gasteiger partial charge in [0.1, 0.15) is 35.3 Å². The number of imidazole rings is 1. The van der Waals surface area contributed by atoms with Crippen molar-refractivity contribution in [2.75, 3.05) is 19.8 Å². The van der Waals surface area contributed by atoms with Gasteiger partial charge in [0.15, 0.2) is 11.3 Å². The maximum atomic E-state index is 13.2. The number of benzene rings is 1. The van der Waals surface area contributed by atoms with Gasteiger partial charge in [0.05, 0.1) is 24.8 Å². The van der Waals surface area contributed by atoms with Gasteiger partial charge in [-0.15, -0.1) is 0 Å². The molecule has 1 aromatic carbocycles. The van der Waals surface area contributed by atoms with Crippen LogP contribution < -0.4 is 15.8 Å². The van der Waals surface area contributed by atoms with Crippen molar-refractivity contribution in [3.63, 3.8) is 0 Å². The van der Waals surface area contributed by atoms with E-state index in [-0.39, 0.29) is 30.6 Å². The summed E-state index contributed by atoms with van der Waals surface area (Å²) < 4.78 is 17.9. The van der Waals surface area contributed by atoms with Crippen LogP contribution in [-0.4, -0.2) is 57.5 Å². The van der Waals surface area contributed by atoms with Crippen LogP contribution >= 0.6 is 0 Å². The first-order valence-corrected chi connectivity index (χ1v) is 11.5. The number of nitrogens with two attached hydrogens (primary N) is 1. The SMILES string of the molecule is Cc1cc([C@](C)(O)C#Cc2ccc3c(c2)-c2nc(C(N)=O)c(C(=O)N[C@H]4CCOC4)n2CCO3)no1. The number of aliphatic hydroxyl groups is 1. The highest BCUT2D eigenvalue weighted by atomic mass is 16.5. The summed E-state index contributed by atoms with van der Waals surface area (Å²) in [6.07, 6.45) is 0.685. The van der Waals surface area contributed by atoms with E-state index in [1.54, 1.807) is 35.8 Å². The van der Waals surface area contributed by atoms with Crippen molar-refractivity contribution in [2.45, 2.75) is 38.5 Å². The monoisotopic (exact) mass is 491 g/mol. The summed E-state index contributed by atoms with van der Waals surface area (Å²) in [5, 5.41) is 17.5. The molecule has 11 heteroatoms. The molecule has 36 heavy (non-hydrogen) atoms. The zero-order valence-electron chi connectivity index (χ0n) is 19.8. The number of ether oxygens (including phenoxy) is 2. The van der Waals surface area contributed by atoms with Gasteiger partial charge >= 0.3 is 0 Å². The van der Waals surface area contributed by atoms with Crippen molar-refractivity contribution in [1.29, 1.82) is 0 Å². The number of aryl methyl sites for hydroxylation is 1. The van der Waals surface area contributed by atoms with Gasteiger partial charge in [-0.1, -0.05) is 17.0 Å². The number of carbonyl (C=O) groups is 2. The Labute approximate surface area is 206 Å². The molecule has 186 valence electrons. The second kappa shape index (κ2) is 9.14. The van der Waals surface area contributed by atoms with Crippen molar-refractivity contribution < 1.29 is 28.7 Å². The van der Waals surface area contributed by atoms with Gasteiger partial charge < -0.3 is 34.7 Å². The lowest BCUT2D eigenvalue weighted by Crippen LogP contribution is -2.37. The summed E-state index contributed by atoms with van der Waals surface area (Å²) in [6, 6.07) is 6.68. The Morgan fingerprint density at radius 3 is 2.83 bits per heavy atom. The number of nitrogens with one attached hydrogen (secondary N) is 1. The van der Waals surface area contributed by atoms with Crippen LogP contribution in [0.3, 0.4) is 0 Å². The minimum absolute atomic E-state index is 0.0849. The normalized spacial score (nSPS) is 18.0. The molecule has 5 rings (SSSR count). The molecule has 1 saturated heterocycles. The summed E-state index contributed by atoms with van der Waals surface area (Å²) in [5.41, 5.74) is 5.44. The Morgan fingerprint density at radius 2 is 2.14 bits per heavy atom. The van der Waals surface area contributed by atoms with Gasteiger partial charge in [0, 0.05) is 18.2 Å². The fourth-order valence-electron chi connectivity index (χ4n) is 4.19. The highest BCUT2D eigenvalue weighted by Gasteiger charge is 2.31. The molecule has 0 saturated carbocycles. The molecule has 3 aromatic rings. The lowest BCUT2D eigenvalue weighted by molar-refractivity contribution is 0.0905. The lowest BCUT2D eigenvalue weighted by atomic mass is 10.0. The molecule has 2 aliphatic rings. The Hall–Kier alpha value is -4.14. The molecule has 4 N–H and O–H groups in total. The zero-order chi connectivity index (χ0) is 25.4. The molecular formula is C25H25N5O6. The van der Waals surface area contributed by atoms with E-state index in [4.69, 9.17) is 19.7 Å². The Kier molecular flexibility index (Phi) is 5.99. The van der Waals surface area contributed by atoms with E-state index in [1.165, 1.54) is 6.92 Å². The predicted octanol–water partition coefficient (Wildman–Crippen LogP) is 1.12. The van der Waals surface area contributed by atoms with Crippen LogP contribution in [0.25, 0.3) is 11.4 Å². The molecule has 0 radical (unpaired) electrons. The van der Waals surface area contributed by atoms with Gasteiger partial charge in [0.2, 0.25) is 0 Å². The van der Waals surface area contributed by atoms with Crippen LogP contribution in [0, 0.1) is 18.8 Å². The van der Waals surface area contributed by atoms with Crippen LogP contribution in [0.4, 0.5) is 0 Å². The third-order valence-corrected chi connectivity index (χ3v) is 6.05. The van der Waals surface area contributed by atoms with Crippen LogP contribution in [0.15, 0.2) is 28.8 Å².